The minimum absolute atomic E-state index is 0.0273. The van der Waals surface area contributed by atoms with Crippen LogP contribution in [0.2, 0.25) is 0 Å². The Labute approximate surface area is 776 Å². The first-order valence-electron chi connectivity index (χ1n) is 50.8. The Morgan fingerprint density at radius 2 is 0.477 bits per heavy atom. The molecule has 1 saturated heterocycles. The van der Waals surface area contributed by atoms with Crippen LogP contribution in [0.5, 0.6) is 0 Å². The van der Waals surface area contributed by atoms with Gasteiger partial charge in [0.25, 0.3) is 0 Å². The molecule has 1 aliphatic rings. The van der Waals surface area contributed by atoms with E-state index in [2.05, 4.69) is 57.2 Å². The number of hydrogen-bond donors (Lipinski definition) is 1. The molecule has 128 heavy (non-hydrogen) atoms. The molecule has 1 aliphatic heterocycles. The van der Waals surface area contributed by atoms with Gasteiger partial charge < -0.3 is 119 Å². The van der Waals surface area contributed by atoms with E-state index in [1.807, 2.05) is 0 Å². The average Bonchev–Trinajstić information content (AvgIpc) is 1.68. The van der Waals surface area contributed by atoms with Gasteiger partial charge in [-0.25, -0.2) is 0 Å². The lowest BCUT2D eigenvalue weighted by molar-refractivity contribution is -0.146. The summed E-state index contributed by atoms with van der Waals surface area (Å²) >= 11 is 0. The molecular formula is C100H188O28. The third-order valence-corrected chi connectivity index (χ3v) is 20.9. The first kappa shape index (κ1) is 123. The summed E-state index contributed by atoms with van der Waals surface area (Å²) in [5, 5.41) is 8.90. The van der Waals surface area contributed by atoms with Gasteiger partial charge in [-0.05, 0) is 96.3 Å². The molecule has 0 aliphatic carbocycles. The molecule has 0 bridgehead atoms. The van der Waals surface area contributed by atoms with Crippen LogP contribution in [0.25, 0.3) is 0 Å². The van der Waals surface area contributed by atoms with Crippen molar-refractivity contribution in [1.29, 1.82) is 0 Å². The normalized spacial score (nSPS) is 14.5. The van der Waals surface area contributed by atoms with Crippen LogP contribution in [-0.2, 0) is 128 Å². The van der Waals surface area contributed by atoms with Crippen LogP contribution in [-0.4, -0.2) is 325 Å². The van der Waals surface area contributed by atoms with Crippen LogP contribution in [0.4, 0.5) is 0 Å². The Balaban J connectivity index is 2.57. The fraction of sp³-hybridized carbons (Fsp3) is 0.910. The van der Waals surface area contributed by atoms with Gasteiger partial charge in [0.15, 0.2) is 0 Å². The molecule has 28 heteroatoms. The lowest BCUT2D eigenvalue weighted by atomic mass is 10.1. The van der Waals surface area contributed by atoms with E-state index in [0.29, 0.717) is 211 Å². The standard InChI is InChI=1S/C100H188O28/c1-4-7-10-13-16-19-22-25-28-31-34-37-40-43-46-49-96(102)124-88-82-117-74-68-110-59-58-107-64-65-114-78-79-121-92-94(122-86-80-115-72-66-108-60-62-111-69-75-118-83-89-125-97(103)50-47-44-41-38-35-32-29-26-23-20-17-14-11-8-5-2)100-99(127-91-85-120-77-71-113-57-56-106-55-54-105-53-52-101)95(93-128-100)123-87-81-116-73-67-109-61-63-112-70-76-119-84-90-126-98(104)51-48-45-42-39-36-33-30-27-24-21-18-15-12-9-6-3/h25-30,94-95,99-101H,4-24,31-93H2,1-3H3/b28-25-,29-26-,30-27-. The Kier molecular flexibility index (Phi) is 103. The number of aliphatic hydroxyl groups is 1. The Hall–Kier alpha value is -3.25. The summed E-state index contributed by atoms with van der Waals surface area (Å²) < 4.78 is 139. The van der Waals surface area contributed by atoms with Gasteiger partial charge >= 0.3 is 17.9 Å². The zero-order valence-electron chi connectivity index (χ0n) is 81.1. The predicted octanol–water partition coefficient (Wildman–Crippen LogP) is 17.6. The van der Waals surface area contributed by atoms with Gasteiger partial charge in [0.05, 0.1) is 258 Å². The van der Waals surface area contributed by atoms with Crippen molar-refractivity contribution in [3.63, 3.8) is 0 Å². The quantitative estimate of drug-likeness (QED) is 0.0256. The first-order chi connectivity index (χ1) is 63.5. The second kappa shape index (κ2) is 107. The van der Waals surface area contributed by atoms with Crippen molar-refractivity contribution in [3.8, 4) is 0 Å². The summed E-state index contributed by atoms with van der Waals surface area (Å²) in [5.41, 5.74) is 0. The third-order valence-electron chi connectivity index (χ3n) is 20.9. The molecule has 0 spiro atoms. The molecule has 28 nitrogen and oxygen atoms in total. The number of carbonyl (C=O) groups is 3. The number of esters is 3. The van der Waals surface area contributed by atoms with E-state index in [0.717, 1.165) is 77.0 Å². The Bertz CT molecular complexity index is 2290. The SMILES string of the molecule is CCCCCCCC/C=C\CCCCCCCC(=O)OCCOCCOCCOCCOCCOCC(OCCOCCOCCOCCOCCOC(=O)CCCCCCC/C=C\CCCCCCCC)C1OCC(OCCOCCOCCOCCOCCOC(=O)CCCCCCC/C=C\CCCCCCCC)C1OCCOCCOCCOCCOCCO. The number of rotatable bonds is 110. The summed E-state index contributed by atoms with van der Waals surface area (Å²) in [6.07, 6.45) is 60.6. The lowest BCUT2D eigenvalue weighted by Gasteiger charge is -2.29. The molecule has 0 aromatic heterocycles. The van der Waals surface area contributed by atoms with Gasteiger partial charge in [0.2, 0.25) is 0 Å². The van der Waals surface area contributed by atoms with Gasteiger partial charge in [-0.2, -0.15) is 0 Å². The van der Waals surface area contributed by atoms with Crippen molar-refractivity contribution in [3.05, 3.63) is 36.5 Å². The monoisotopic (exact) mass is 1840 g/mol. The maximum absolute atomic E-state index is 12.2. The van der Waals surface area contributed by atoms with Gasteiger partial charge in [0, 0.05) is 19.3 Å². The van der Waals surface area contributed by atoms with Gasteiger partial charge in [-0.15, -0.1) is 0 Å². The predicted molar refractivity (Wildman–Crippen MR) is 501 cm³/mol. The van der Waals surface area contributed by atoms with Crippen LogP contribution < -0.4 is 0 Å². The summed E-state index contributed by atoms with van der Waals surface area (Å²) in [4.78, 5) is 36.6. The molecule has 1 heterocycles. The van der Waals surface area contributed by atoms with Gasteiger partial charge in [-0.3, -0.25) is 14.4 Å². The molecule has 0 radical (unpaired) electrons. The van der Waals surface area contributed by atoms with E-state index in [9.17, 15) is 14.4 Å². The second-order valence-electron chi connectivity index (χ2n) is 32.2. The molecule has 4 unspecified atom stereocenters. The first-order valence-corrected chi connectivity index (χ1v) is 50.8. The van der Waals surface area contributed by atoms with E-state index in [1.54, 1.807) is 0 Å². The highest BCUT2D eigenvalue weighted by atomic mass is 16.6. The number of unbranched alkanes of at least 4 members (excludes halogenated alkanes) is 33. The van der Waals surface area contributed by atoms with Gasteiger partial charge in [-0.1, -0.05) is 211 Å². The Morgan fingerprint density at radius 3 is 0.750 bits per heavy atom. The van der Waals surface area contributed by atoms with Crippen LogP contribution in [0.3, 0.4) is 0 Å². The number of carbonyl (C=O) groups excluding carboxylic acids is 3. The molecule has 0 amide bonds. The van der Waals surface area contributed by atoms with E-state index in [-0.39, 0.29) is 104 Å². The third kappa shape index (κ3) is 94.5. The van der Waals surface area contributed by atoms with Crippen LogP contribution in [0.1, 0.15) is 290 Å². The second-order valence-corrected chi connectivity index (χ2v) is 32.2. The van der Waals surface area contributed by atoms with E-state index < -0.39 is 24.4 Å². The van der Waals surface area contributed by atoms with Crippen molar-refractivity contribution in [1.82, 2.24) is 0 Å². The highest BCUT2D eigenvalue weighted by Gasteiger charge is 2.44. The fourth-order valence-corrected chi connectivity index (χ4v) is 13.6. The molecule has 0 aromatic carbocycles. The molecule has 1 N–H and O–H groups in total. The smallest absolute Gasteiger partial charge is 0.305 e. The van der Waals surface area contributed by atoms with Crippen molar-refractivity contribution < 1.29 is 133 Å². The molecular weight excluding hydrogens is 1650 g/mol. The van der Waals surface area contributed by atoms with Gasteiger partial charge in [0.1, 0.15) is 44.2 Å². The average molecular weight is 1840 g/mol. The maximum Gasteiger partial charge on any atom is 0.305 e. The van der Waals surface area contributed by atoms with Crippen LogP contribution in [0.15, 0.2) is 36.5 Å². The van der Waals surface area contributed by atoms with E-state index >= 15 is 0 Å². The minimum Gasteiger partial charge on any atom is -0.463 e. The highest BCUT2D eigenvalue weighted by molar-refractivity contribution is 5.69. The van der Waals surface area contributed by atoms with Crippen molar-refractivity contribution in [2.45, 2.75) is 315 Å². The summed E-state index contributed by atoms with van der Waals surface area (Å²) in [6, 6.07) is 0. The zero-order chi connectivity index (χ0) is 91.7. The van der Waals surface area contributed by atoms with E-state index in [4.69, 9.17) is 119 Å². The summed E-state index contributed by atoms with van der Waals surface area (Å²) in [5.74, 6) is -0.519. The minimum atomic E-state index is -0.588. The van der Waals surface area contributed by atoms with Crippen LogP contribution in [0, 0.1) is 0 Å². The summed E-state index contributed by atoms with van der Waals surface area (Å²) in [6.45, 7) is 20.6. The lowest BCUT2D eigenvalue weighted by Crippen LogP contribution is -2.46. The molecule has 4 atom stereocenters. The zero-order valence-corrected chi connectivity index (χ0v) is 81.1. The molecule has 0 aromatic rings. The number of hydrogen-bond acceptors (Lipinski definition) is 28. The van der Waals surface area contributed by atoms with Crippen molar-refractivity contribution in [2.75, 3.05) is 277 Å². The van der Waals surface area contributed by atoms with Crippen LogP contribution >= 0.6 is 0 Å². The molecule has 1 rings (SSSR count). The molecule has 756 valence electrons. The topological polar surface area (TPSA) is 293 Å². The Morgan fingerprint density at radius 1 is 0.258 bits per heavy atom. The maximum atomic E-state index is 12.2. The largest absolute Gasteiger partial charge is 0.463 e. The number of aliphatic hydroxyl groups excluding tert-OH is 1. The molecule has 0 saturated carbocycles. The van der Waals surface area contributed by atoms with Crippen molar-refractivity contribution >= 4 is 17.9 Å². The van der Waals surface area contributed by atoms with E-state index in [1.165, 1.54) is 173 Å². The number of allylic oxidation sites excluding steroid dienone is 6. The number of ether oxygens (including phenoxy) is 24. The molecule has 1 fully saturated rings. The fourth-order valence-electron chi connectivity index (χ4n) is 13.6. The summed E-state index contributed by atoms with van der Waals surface area (Å²) in [7, 11) is 0. The van der Waals surface area contributed by atoms with Crippen molar-refractivity contribution in [2.24, 2.45) is 0 Å². The highest BCUT2D eigenvalue weighted by Crippen LogP contribution is 2.26.